The highest BCUT2D eigenvalue weighted by atomic mass is 16.5. The maximum atomic E-state index is 12.7. The zero-order chi connectivity index (χ0) is 24.7. The molecule has 2 heterocycles. The number of carbonyl (C=O) groups excluding carboxylic acids is 2. The predicted octanol–water partition coefficient (Wildman–Crippen LogP) is 3.97. The highest BCUT2D eigenvalue weighted by Crippen LogP contribution is 2.24. The second kappa shape index (κ2) is 10.5. The highest BCUT2D eigenvalue weighted by Gasteiger charge is 2.16. The molecule has 5 aromatic rings. The lowest BCUT2D eigenvalue weighted by Crippen LogP contribution is -2.22. The van der Waals surface area contributed by atoms with Gasteiger partial charge < -0.3 is 10.1 Å². The first-order chi connectivity index (χ1) is 17.7. The number of anilines is 1. The smallest absolute Gasteiger partial charge is 0.338 e. The van der Waals surface area contributed by atoms with Gasteiger partial charge in [0.2, 0.25) is 0 Å². The summed E-state index contributed by atoms with van der Waals surface area (Å²) in [7, 11) is 0. The van der Waals surface area contributed by atoms with Crippen molar-refractivity contribution in [2.45, 2.75) is 6.54 Å². The molecule has 0 aliphatic heterocycles. The van der Waals surface area contributed by atoms with E-state index in [1.165, 1.54) is 6.33 Å². The molecule has 3 aromatic carbocycles. The average Bonchev–Trinajstić information content (AvgIpc) is 3.59. The molecule has 36 heavy (non-hydrogen) atoms. The summed E-state index contributed by atoms with van der Waals surface area (Å²) >= 11 is 0. The average molecular weight is 479 g/mol. The van der Waals surface area contributed by atoms with E-state index in [9.17, 15) is 9.59 Å². The predicted molar refractivity (Wildman–Crippen MR) is 133 cm³/mol. The molecule has 0 saturated carbocycles. The number of ether oxygens (including phenoxy) is 1. The van der Waals surface area contributed by atoms with Crippen molar-refractivity contribution in [3.63, 3.8) is 0 Å². The standard InChI is InChI=1S/C27H22N6O3/c34-26(17-36-27(35)22-13-11-20(12-14-22)16-32-19-28-18-29-32)30-25-15-24(21-7-3-1-4-8-21)31-33(25)23-9-5-2-6-10-23/h1-15,18-19H,16-17H2,(H,30,34). The van der Waals surface area contributed by atoms with Crippen LogP contribution >= 0.6 is 0 Å². The van der Waals surface area contributed by atoms with E-state index in [2.05, 4.69) is 20.5 Å². The van der Waals surface area contributed by atoms with Crippen molar-refractivity contribution >= 4 is 17.7 Å². The third-order valence-corrected chi connectivity index (χ3v) is 5.38. The molecule has 0 saturated heterocycles. The normalized spacial score (nSPS) is 10.7. The van der Waals surface area contributed by atoms with Crippen LogP contribution in [0.1, 0.15) is 15.9 Å². The lowest BCUT2D eigenvalue weighted by atomic mass is 10.1. The summed E-state index contributed by atoms with van der Waals surface area (Å²) in [6.45, 7) is 0.109. The van der Waals surface area contributed by atoms with Crippen LogP contribution in [0.4, 0.5) is 5.82 Å². The summed E-state index contributed by atoms with van der Waals surface area (Å²) < 4.78 is 8.57. The molecule has 0 aliphatic rings. The minimum atomic E-state index is -0.584. The molecule has 0 atom stereocenters. The number of hydrogen-bond donors (Lipinski definition) is 1. The summed E-state index contributed by atoms with van der Waals surface area (Å²) in [6.07, 6.45) is 3.08. The van der Waals surface area contributed by atoms with Gasteiger partial charge in [-0.2, -0.15) is 10.2 Å². The fourth-order valence-corrected chi connectivity index (χ4v) is 3.63. The van der Waals surface area contributed by atoms with E-state index in [1.807, 2.05) is 72.8 Å². The van der Waals surface area contributed by atoms with Crippen LogP contribution in [-0.2, 0) is 16.1 Å². The van der Waals surface area contributed by atoms with Crippen LogP contribution in [0.3, 0.4) is 0 Å². The zero-order valence-electron chi connectivity index (χ0n) is 19.2. The molecule has 0 bridgehead atoms. The largest absolute Gasteiger partial charge is 0.452 e. The summed E-state index contributed by atoms with van der Waals surface area (Å²) in [6, 6.07) is 27.9. The second-order valence-corrected chi connectivity index (χ2v) is 7.94. The second-order valence-electron chi connectivity index (χ2n) is 7.94. The van der Waals surface area contributed by atoms with E-state index in [1.54, 1.807) is 33.9 Å². The van der Waals surface area contributed by atoms with Crippen LogP contribution in [0.2, 0.25) is 0 Å². The van der Waals surface area contributed by atoms with Gasteiger partial charge in [-0.05, 0) is 29.8 Å². The van der Waals surface area contributed by atoms with Crippen LogP contribution in [0.25, 0.3) is 16.9 Å². The maximum Gasteiger partial charge on any atom is 0.338 e. The Balaban J connectivity index is 1.24. The third kappa shape index (κ3) is 5.36. The van der Waals surface area contributed by atoms with Crippen molar-refractivity contribution in [3.8, 4) is 16.9 Å². The molecule has 0 spiro atoms. The van der Waals surface area contributed by atoms with Crippen LogP contribution in [0.15, 0.2) is 104 Å². The molecular formula is C27H22N6O3. The van der Waals surface area contributed by atoms with Gasteiger partial charge >= 0.3 is 5.97 Å². The molecule has 5 rings (SSSR count). The first kappa shape index (κ1) is 22.7. The number of benzene rings is 3. The number of nitrogens with one attached hydrogen (secondary N) is 1. The van der Waals surface area contributed by atoms with Gasteiger partial charge in [0.05, 0.1) is 23.5 Å². The molecule has 0 unspecified atom stereocenters. The molecule has 0 aliphatic carbocycles. The number of amides is 1. The molecule has 0 fully saturated rings. The minimum absolute atomic E-state index is 0.353. The number of nitrogens with zero attached hydrogens (tertiary/aromatic N) is 5. The van der Waals surface area contributed by atoms with E-state index in [4.69, 9.17) is 4.74 Å². The van der Waals surface area contributed by atoms with Gasteiger partial charge in [0.1, 0.15) is 18.5 Å². The minimum Gasteiger partial charge on any atom is -0.452 e. The van der Waals surface area contributed by atoms with Gasteiger partial charge in [-0.15, -0.1) is 0 Å². The lowest BCUT2D eigenvalue weighted by molar-refractivity contribution is -0.119. The Morgan fingerprint density at radius 2 is 1.61 bits per heavy atom. The first-order valence-corrected chi connectivity index (χ1v) is 11.2. The Kier molecular flexibility index (Phi) is 6.61. The van der Waals surface area contributed by atoms with Crippen molar-refractivity contribution in [3.05, 3.63) is 115 Å². The molecule has 1 amide bonds. The molecule has 0 radical (unpaired) electrons. The van der Waals surface area contributed by atoms with E-state index < -0.39 is 18.5 Å². The third-order valence-electron chi connectivity index (χ3n) is 5.38. The quantitative estimate of drug-likeness (QED) is 0.339. The van der Waals surface area contributed by atoms with Crippen LogP contribution < -0.4 is 5.32 Å². The Hall–Kier alpha value is -5.05. The van der Waals surface area contributed by atoms with Gasteiger partial charge in [0.15, 0.2) is 6.61 Å². The molecular weight excluding hydrogens is 456 g/mol. The van der Waals surface area contributed by atoms with Gasteiger partial charge in [0.25, 0.3) is 5.91 Å². The fourth-order valence-electron chi connectivity index (χ4n) is 3.63. The lowest BCUT2D eigenvalue weighted by Gasteiger charge is -2.09. The number of carbonyl (C=O) groups is 2. The van der Waals surface area contributed by atoms with Crippen LogP contribution in [-0.4, -0.2) is 43.0 Å². The number of hydrogen-bond acceptors (Lipinski definition) is 6. The topological polar surface area (TPSA) is 104 Å². The molecule has 2 aromatic heterocycles. The van der Waals surface area contributed by atoms with Gasteiger partial charge in [-0.1, -0.05) is 60.7 Å². The molecule has 9 nitrogen and oxygen atoms in total. The Labute approximate surface area is 207 Å². The van der Waals surface area contributed by atoms with Crippen molar-refractivity contribution in [2.75, 3.05) is 11.9 Å². The summed E-state index contributed by atoms with van der Waals surface area (Å²) in [5.74, 6) is -0.583. The highest BCUT2D eigenvalue weighted by molar-refractivity contribution is 5.95. The maximum absolute atomic E-state index is 12.7. The van der Waals surface area contributed by atoms with Crippen molar-refractivity contribution < 1.29 is 14.3 Å². The number of rotatable bonds is 8. The SMILES string of the molecule is O=C(COC(=O)c1ccc(Cn2cncn2)cc1)Nc1cc(-c2ccccc2)nn1-c1ccccc1. The zero-order valence-corrected chi connectivity index (χ0v) is 19.2. The van der Waals surface area contributed by atoms with Gasteiger partial charge in [-0.3, -0.25) is 4.79 Å². The number of aromatic nitrogens is 5. The molecule has 9 heteroatoms. The van der Waals surface area contributed by atoms with E-state index in [0.29, 0.717) is 23.6 Å². The van der Waals surface area contributed by atoms with Crippen molar-refractivity contribution in [1.82, 2.24) is 24.5 Å². The van der Waals surface area contributed by atoms with Gasteiger partial charge in [-0.25, -0.2) is 19.1 Å². The number of para-hydroxylation sites is 1. The summed E-state index contributed by atoms with van der Waals surface area (Å²) in [5.41, 5.74) is 3.72. The Morgan fingerprint density at radius 3 is 2.31 bits per heavy atom. The Morgan fingerprint density at radius 1 is 0.889 bits per heavy atom. The summed E-state index contributed by atoms with van der Waals surface area (Å²) in [5, 5.41) is 11.5. The van der Waals surface area contributed by atoms with E-state index in [0.717, 1.165) is 16.8 Å². The van der Waals surface area contributed by atoms with Crippen molar-refractivity contribution in [1.29, 1.82) is 0 Å². The summed E-state index contributed by atoms with van der Waals surface area (Å²) in [4.78, 5) is 29.0. The number of esters is 1. The van der Waals surface area contributed by atoms with Crippen molar-refractivity contribution in [2.24, 2.45) is 0 Å². The van der Waals surface area contributed by atoms with Crippen LogP contribution in [0.5, 0.6) is 0 Å². The Bertz CT molecular complexity index is 1450. The first-order valence-electron chi connectivity index (χ1n) is 11.2. The van der Waals surface area contributed by atoms with E-state index in [-0.39, 0.29) is 0 Å². The van der Waals surface area contributed by atoms with E-state index >= 15 is 0 Å². The molecule has 1 N–H and O–H groups in total. The fraction of sp³-hybridized carbons (Fsp3) is 0.0741. The monoisotopic (exact) mass is 478 g/mol. The van der Waals surface area contributed by atoms with Crippen LogP contribution in [0, 0.1) is 0 Å². The molecule has 178 valence electrons. The van der Waals surface area contributed by atoms with Gasteiger partial charge in [0, 0.05) is 11.6 Å².